The molecule has 0 aliphatic heterocycles. The van der Waals surface area contributed by atoms with Gasteiger partial charge in [-0.25, -0.2) is 0 Å². The van der Waals surface area contributed by atoms with Crippen LogP contribution >= 0.6 is 0 Å². The molecule has 4 heteroatoms. The van der Waals surface area contributed by atoms with Gasteiger partial charge in [-0.15, -0.1) is 0 Å². The molecule has 1 unspecified atom stereocenters. The molecular formula is C11H11F3O. The number of rotatable bonds is 2. The van der Waals surface area contributed by atoms with Gasteiger partial charge in [-0.3, -0.25) is 0 Å². The fraction of sp³-hybridized carbons (Fsp3) is 0.273. The SMILES string of the molecule is C=C(C)C(O)c1ccccc1C(F)(F)F. The average Bonchev–Trinajstić information content (AvgIpc) is 2.15. The number of alkyl halides is 3. The highest BCUT2D eigenvalue weighted by atomic mass is 19.4. The van der Waals surface area contributed by atoms with Crippen molar-refractivity contribution >= 4 is 0 Å². The van der Waals surface area contributed by atoms with Crippen LogP contribution in [0.5, 0.6) is 0 Å². The molecule has 1 nitrogen and oxygen atoms in total. The van der Waals surface area contributed by atoms with Crippen molar-refractivity contribution in [3.8, 4) is 0 Å². The lowest BCUT2D eigenvalue weighted by atomic mass is 9.98. The Morgan fingerprint density at radius 1 is 1.33 bits per heavy atom. The number of benzene rings is 1. The lowest BCUT2D eigenvalue weighted by Crippen LogP contribution is -2.12. The Bertz CT molecular complexity index is 368. The first-order valence-electron chi connectivity index (χ1n) is 4.33. The summed E-state index contributed by atoms with van der Waals surface area (Å²) in [5, 5.41) is 9.54. The predicted molar refractivity (Wildman–Crippen MR) is 51.2 cm³/mol. The van der Waals surface area contributed by atoms with Crippen LogP contribution < -0.4 is 0 Å². The fourth-order valence-electron chi connectivity index (χ4n) is 1.26. The average molecular weight is 216 g/mol. The molecule has 0 aliphatic carbocycles. The minimum absolute atomic E-state index is 0.155. The maximum Gasteiger partial charge on any atom is 0.416 e. The Balaban J connectivity index is 3.24. The van der Waals surface area contributed by atoms with Crippen molar-refractivity contribution in [3.05, 3.63) is 47.5 Å². The second kappa shape index (κ2) is 4.06. The van der Waals surface area contributed by atoms with Gasteiger partial charge in [-0.05, 0) is 24.1 Å². The molecule has 1 aromatic carbocycles. The van der Waals surface area contributed by atoms with Gasteiger partial charge in [-0.2, -0.15) is 13.2 Å². The Hall–Kier alpha value is -1.29. The van der Waals surface area contributed by atoms with Crippen molar-refractivity contribution in [2.24, 2.45) is 0 Å². The normalized spacial score (nSPS) is 13.7. The minimum atomic E-state index is -4.45. The summed E-state index contributed by atoms with van der Waals surface area (Å²) in [5.74, 6) is 0. The zero-order chi connectivity index (χ0) is 11.6. The molecule has 0 bridgehead atoms. The van der Waals surface area contributed by atoms with Crippen molar-refractivity contribution in [2.45, 2.75) is 19.2 Å². The number of aliphatic hydroxyl groups is 1. The predicted octanol–water partition coefficient (Wildman–Crippen LogP) is 3.31. The molecule has 1 atom stereocenters. The number of aliphatic hydroxyl groups excluding tert-OH is 1. The summed E-state index contributed by atoms with van der Waals surface area (Å²) in [6.45, 7) is 4.92. The topological polar surface area (TPSA) is 20.2 Å². The Morgan fingerprint density at radius 2 is 1.87 bits per heavy atom. The first-order valence-corrected chi connectivity index (χ1v) is 4.33. The molecule has 0 spiro atoms. The Kier molecular flexibility index (Phi) is 3.19. The molecule has 0 aromatic heterocycles. The molecule has 1 rings (SSSR count). The van der Waals surface area contributed by atoms with Crippen LogP contribution in [0.3, 0.4) is 0 Å². The zero-order valence-corrected chi connectivity index (χ0v) is 8.17. The van der Waals surface area contributed by atoms with Crippen molar-refractivity contribution in [1.82, 2.24) is 0 Å². The van der Waals surface area contributed by atoms with Gasteiger partial charge in [0.1, 0.15) is 6.10 Å². The molecule has 0 radical (unpaired) electrons. The number of hydrogen-bond acceptors (Lipinski definition) is 1. The van der Waals surface area contributed by atoms with E-state index in [9.17, 15) is 18.3 Å². The Labute approximate surface area is 85.9 Å². The quantitative estimate of drug-likeness (QED) is 0.752. The summed E-state index contributed by atoms with van der Waals surface area (Å²) in [6, 6.07) is 4.94. The van der Waals surface area contributed by atoms with E-state index in [0.717, 1.165) is 6.07 Å². The van der Waals surface area contributed by atoms with Gasteiger partial charge in [0.25, 0.3) is 0 Å². The van der Waals surface area contributed by atoms with E-state index in [2.05, 4.69) is 6.58 Å². The summed E-state index contributed by atoms with van der Waals surface area (Å²) < 4.78 is 37.6. The van der Waals surface area contributed by atoms with Crippen molar-refractivity contribution < 1.29 is 18.3 Å². The van der Waals surface area contributed by atoms with Crippen molar-refractivity contribution in [3.63, 3.8) is 0 Å². The van der Waals surface area contributed by atoms with Crippen LogP contribution in [-0.4, -0.2) is 5.11 Å². The van der Waals surface area contributed by atoms with Crippen LogP contribution in [0.15, 0.2) is 36.4 Å². The Morgan fingerprint density at radius 3 is 2.33 bits per heavy atom. The van der Waals surface area contributed by atoms with Gasteiger partial charge in [0.05, 0.1) is 5.56 Å². The molecule has 0 heterocycles. The standard InChI is InChI=1S/C11H11F3O/c1-7(2)10(15)8-5-3-4-6-9(8)11(12,13)14/h3-6,10,15H,1H2,2H3. The molecule has 1 aromatic rings. The molecule has 15 heavy (non-hydrogen) atoms. The summed E-state index contributed by atoms with van der Waals surface area (Å²) >= 11 is 0. The summed E-state index contributed by atoms with van der Waals surface area (Å²) in [5.41, 5.74) is -0.690. The van der Waals surface area contributed by atoms with Gasteiger partial charge in [0, 0.05) is 0 Å². The third-order valence-corrected chi connectivity index (χ3v) is 2.03. The highest BCUT2D eigenvalue weighted by Gasteiger charge is 2.34. The molecule has 0 aliphatic rings. The smallest absolute Gasteiger partial charge is 0.384 e. The van der Waals surface area contributed by atoms with Crippen LogP contribution in [0.4, 0.5) is 13.2 Å². The van der Waals surface area contributed by atoms with E-state index in [1.807, 2.05) is 0 Å². The molecule has 0 saturated carbocycles. The fourth-order valence-corrected chi connectivity index (χ4v) is 1.26. The molecule has 0 fully saturated rings. The van der Waals surface area contributed by atoms with Gasteiger partial charge in [0.15, 0.2) is 0 Å². The first kappa shape index (κ1) is 11.8. The third-order valence-electron chi connectivity index (χ3n) is 2.03. The second-order valence-corrected chi connectivity index (χ2v) is 3.33. The largest absolute Gasteiger partial charge is 0.416 e. The molecular weight excluding hydrogens is 205 g/mol. The highest BCUT2D eigenvalue weighted by molar-refractivity contribution is 5.34. The summed E-state index contributed by atoms with van der Waals surface area (Å²) in [4.78, 5) is 0. The third kappa shape index (κ3) is 2.59. The lowest BCUT2D eigenvalue weighted by Gasteiger charge is -2.17. The van der Waals surface area contributed by atoms with Crippen molar-refractivity contribution in [2.75, 3.05) is 0 Å². The summed E-state index contributed by atoms with van der Waals surface area (Å²) in [7, 11) is 0. The summed E-state index contributed by atoms with van der Waals surface area (Å²) in [6.07, 6.45) is -5.73. The van der Waals surface area contributed by atoms with Crippen LogP contribution in [-0.2, 0) is 6.18 Å². The van der Waals surface area contributed by atoms with Crippen LogP contribution in [0.25, 0.3) is 0 Å². The van der Waals surface area contributed by atoms with E-state index in [1.165, 1.54) is 25.1 Å². The van der Waals surface area contributed by atoms with E-state index in [4.69, 9.17) is 0 Å². The van der Waals surface area contributed by atoms with Crippen molar-refractivity contribution in [1.29, 1.82) is 0 Å². The maximum atomic E-state index is 12.5. The minimum Gasteiger partial charge on any atom is -0.384 e. The lowest BCUT2D eigenvalue weighted by molar-refractivity contribution is -0.139. The molecule has 0 amide bonds. The van der Waals surface area contributed by atoms with Gasteiger partial charge < -0.3 is 5.11 Å². The highest BCUT2D eigenvalue weighted by Crippen LogP contribution is 2.35. The van der Waals surface area contributed by atoms with Gasteiger partial charge >= 0.3 is 6.18 Å². The van der Waals surface area contributed by atoms with Gasteiger partial charge in [0.2, 0.25) is 0 Å². The second-order valence-electron chi connectivity index (χ2n) is 3.33. The van der Waals surface area contributed by atoms with E-state index < -0.39 is 17.8 Å². The first-order chi connectivity index (χ1) is 6.84. The molecule has 82 valence electrons. The van der Waals surface area contributed by atoms with E-state index in [0.29, 0.717) is 0 Å². The maximum absolute atomic E-state index is 12.5. The van der Waals surface area contributed by atoms with E-state index in [-0.39, 0.29) is 11.1 Å². The van der Waals surface area contributed by atoms with Gasteiger partial charge in [-0.1, -0.05) is 24.8 Å². The van der Waals surface area contributed by atoms with E-state index in [1.54, 1.807) is 0 Å². The number of hydrogen-bond donors (Lipinski definition) is 1. The number of halogens is 3. The molecule has 1 N–H and O–H groups in total. The van der Waals surface area contributed by atoms with Crippen LogP contribution in [0, 0.1) is 0 Å². The van der Waals surface area contributed by atoms with E-state index >= 15 is 0 Å². The molecule has 0 saturated heterocycles. The monoisotopic (exact) mass is 216 g/mol. The zero-order valence-electron chi connectivity index (χ0n) is 8.17. The van der Waals surface area contributed by atoms with Crippen LogP contribution in [0.1, 0.15) is 24.2 Å². The van der Waals surface area contributed by atoms with Crippen LogP contribution in [0.2, 0.25) is 0 Å².